The second kappa shape index (κ2) is 7.79. The molecule has 2 aromatic carbocycles. The first-order chi connectivity index (χ1) is 13.5. The Kier molecular flexibility index (Phi) is 5.72. The third kappa shape index (κ3) is 4.96. The highest BCUT2D eigenvalue weighted by Gasteiger charge is 2.23. The molecule has 3 aromatic rings. The lowest BCUT2D eigenvalue weighted by molar-refractivity contribution is 0.0541. The van der Waals surface area contributed by atoms with Gasteiger partial charge in [0, 0.05) is 16.0 Å². The van der Waals surface area contributed by atoms with Crippen molar-refractivity contribution < 1.29 is 13.7 Å². The van der Waals surface area contributed by atoms with E-state index in [1.807, 2.05) is 75.4 Å². The fourth-order valence-corrected chi connectivity index (χ4v) is 4.25. The molecule has 1 unspecified atom stereocenters. The van der Waals surface area contributed by atoms with Gasteiger partial charge in [-0.3, -0.25) is 4.21 Å². The van der Waals surface area contributed by atoms with Crippen LogP contribution in [0.3, 0.4) is 0 Å². The van der Waals surface area contributed by atoms with Gasteiger partial charge in [-0.25, -0.2) is 9.36 Å². The van der Waals surface area contributed by atoms with Crippen molar-refractivity contribution in [3.05, 3.63) is 65.9 Å². The minimum absolute atomic E-state index is 0.0448. The average Bonchev–Trinajstić information content (AvgIpc) is 2.97. The highest BCUT2D eigenvalue weighted by Crippen LogP contribution is 2.26. The molecule has 0 saturated carbocycles. The maximum absolute atomic E-state index is 13.1. The Bertz CT molecular complexity index is 1050. The number of hydrogen-bond donors (Lipinski definition) is 0. The van der Waals surface area contributed by atoms with Crippen LogP contribution in [0.5, 0.6) is 0 Å². The van der Waals surface area contributed by atoms with E-state index in [0.29, 0.717) is 5.69 Å². The molecule has 0 aliphatic heterocycles. The van der Waals surface area contributed by atoms with Gasteiger partial charge in [0.05, 0.1) is 22.1 Å². The van der Waals surface area contributed by atoms with Crippen molar-refractivity contribution in [1.29, 1.82) is 0 Å². The van der Waals surface area contributed by atoms with Crippen molar-refractivity contribution in [2.45, 2.75) is 63.2 Å². The molecule has 4 nitrogen and oxygen atoms in total. The van der Waals surface area contributed by atoms with Crippen molar-refractivity contribution in [3.63, 3.8) is 0 Å². The van der Waals surface area contributed by atoms with E-state index in [-0.39, 0.29) is 11.2 Å². The molecule has 29 heavy (non-hydrogen) atoms. The zero-order valence-corrected chi connectivity index (χ0v) is 18.8. The quantitative estimate of drug-likeness (QED) is 0.529. The Balaban J connectivity index is 1.94. The molecule has 0 aliphatic rings. The van der Waals surface area contributed by atoms with Crippen molar-refractivity contribution in [2.75, 3.05) is 0 Å². The molecule has 0 bridgehead atoms. The lowest BCUT2D eigenvalue weighted by atomic mass is 9.87. The van der Waals surface area contributed by atoms with Crippen LogP contribution in [0.1, 0.15) is 52.8 Å². The first-order valence-corrected chi connectivity index (χ1v) is 11.1. The molecule has 0 amide bonds. The number of aromatic nitrogens is 1. The fraction of sp³-hybridized carbons (Fsp3) is 0.375. The van der Waals surface area contributed by atoms with Gasteiger partial charge in [-0.2, -0.15) is 0 Å². The number of rotatable bonds is 3. The van der Waals surface area contributed by atoms with Crippen LogP contribution in [0.15, 0.2) is 59.5 Å². The van der Waals surface area contributed by atoms with E-state index in [0.717, 1.165) is 15.8 Å². The van der Waals surface area contributed by atoms with Crippen LogP contribution in [0.2, 0.25) is 0 Å². The van der Waals surface area contributed by atoms with Crippen LogP contribution in [-0.4, -0.2) is 20.5 Å². The van der Waals surface area contributed by atoms with Crippen LogP contribution < -0.4 is 0 Å². The molecule has 0 N–H and O–H groups in total. The zero-order chi connectivity index (χ0) is 21.4. The smallest absolute Gasteiger partial charge is 0.419 e. The summed E-state index contributed by atoms with van der Waals surface area (Å²) in [5, 5.41) is 0.924. The second-order valence-corrected chi connectivity index (χ2v) is 10.7. The summed E-state index contributed by atoms with van der Waals surface area (Å²) in [5.41, 5.74) is 2.07. The molecule has 0 radical (unpaired) electrons. The summed E-state index contributed by atoms with van der Waals surface area (Å²) in [7, 11) is -1.27. The third-order valence-corrected chi connectivity index (χ3v) is 5.98. The van der Waals surface area contributed by atoms with Gasteiger partial charge < -0.3 is 4.74 Å². The predicted octanol–water partition coefficient (Wildman–Crippen LogP) is 6.03. The van der Waals surface area contributed by atoms with Crippen LogP contribution >= 0.6 is 0 Å². The summed E-state index contributed by atoms with van der Waals surface area (Å²) < 4.78 is 20.2. The Morgan fingerprint density at radius 2 is 1.59 bits per heavy atom. The molecule has 1 aromatic heterocycles. The van der Waals surface area contributed by atoms with E-state index in [2.05, 4.69) is 20.8 Å². The molecule has 3 rings (SSSR count). The highest BCUT2D eigenvalue weighted by molar-refractivity contribution is 7.84. The van der Waals surface area contributed by atoms with Gasteiger partial charge in [0.2, 0.25) is 0 Å². The van der Waals surface area contributed by atoms with Crippen molar-refractivity contribution in [3.8, 4) is 0 Å². The van der Waals surface area contributed by atoms with E-state index in [4.69, 9.17) is 4.74 Å². The molecular formula is C24H29NO3S. The summed E-state index contributed by atoms with van der Waals surface area (Å²) in [5.74, 6) is 0.239. The van der Waals surface area contributed by atoms with E-state index >= 15 is 0 Å². The molecular weight excluding hydrogens is 382 g/mol. The number of ether oxygens (including phenoxy) is 1. The molecule has 1 atom stereocenters. The number of carbonyl (C=O) groups excluding carboxylic acids is 1. The summed E-state index contributed by atoms with van der Waals surface area (Å²) in [6.07, 6.45) is -0.450. The first-order valence-electron chi connectivity index (χ1n) is 9.77. The SMILES string of the molecule is CC(C)(C)OC(=O)n1c(CS(=O)c2ccc(C(C)(C)C)cc2)cc2ccccc21. The van der Waals surface area contributed by atoms with Gasteiger partial charge in [-0.05, 0) is 56.0 Å². The van der Waals surface area contributed by atoms with E-state index in [1.54, 1.807) is 4.57 Å². The van der Waals surface area contributed by atoms with Gasteiger partial charge in [-0.1, -0.05) is 51.1 Å². The summed E-state index contributed by atoms with van der Waals surface area (Å²) in [6.45, 7) is 12.0. The molecule has 1 heterocycles. The first kappa shape index (κ1) is 21.3. The fourth-order valence-electron chi connectivity index (χ4n) is 3.17. The Labute approximate surface area is 175 Å². The second-order valence-electron chi connectivity index (χ2n) is 9.27. The van der Waals surface area contributed by atoms with Gasteiger partial charge in [0.1, 0.15) is 5.60 Å². The molecule has 0 fully saturated rings. The van der Waals surface area contributed by atoms with Gasteiger partial charge in [0.25, 0.3) is 0 Å². The van der Waals surface area contributed by atoms with Gasteiger partial charge in [-0.15, -0.1) is 0 Å². The van der Waals surface area contributed by atoms with E-state index in [9.17, 15) is 9.00 Å². The van der Waals surface area contributed by atoms with Gasteiger partial charge >= 0.3 is 6.09 Å². The minimum Gasteiger partial charge on any atom is -0.443 e. The number of carbonyl (C=O) groups is 1. The Hall–Kier alpha value is -2.40. The topological polar surface area (TPSA) is 48.3 Å². The average molecular weight is 412 g/mol. The van der Waals surface area contributed by atoms with Crippen molar-refractivity contribution in [2.24, 2.45) is 0 Å². The Morgan fingerprint density at radius 1 is 0.966 bits per heavy atom. The maximum atomic E-state index is 13.1. The lowest BCUT2D eigenvalue weighted by Gasteiger charge is -2.21. The van der Waals surface area contributed by atoms with E-state index in [1.165, 1.54) is 5.56 Å². The third-order valence-electron chi connectivity index (χ3n) is 4.63. The number of benzene rings is 2. The zero-order valence-electron chi connectivity index (χ0n) is 18.0. The van der Waals surface area contributed by atoms with Crippen LogP contribution in [-0.2, 0) is 26.7 Å². The largest absolute Gasteiger partial charge is 0.443 e. The highest BCUT2D eigenvalue weighted by atomic mass is 32.2. The molecule has 0 spiro atoms. The standard InChI is InChI=1S/C24H29NO3S/c1-23(2,3)18-11-13-20(14-12-18)29(27)16-19-15-17-9-7-8-10-21(17)25(19)22(26)28-24(4,5)6/h7-15H,16H2,1-6H3. The maximum Gasteiger partial charge on any atom is 0.419 e. The number of fused-ring (bicyclic) bond motifs is 1. The summed E-state index contributed by atoms with van der Waals surface area (Å²) in [6, 6.07) is 17.4. The number of nitrogens with zero attached hydrogens (tertiary/aromatic N) is 1. The van der Waals surface area contributed by atoms with Crippen LogP contribution in [0.4, 0.5) is 4.79 Å². The molecule has 0 saturated heterocycles. The van der Waals surface area contributed by atoms with Crippen molar-refractivity contribution >= 4 is 27.8 Å². The predicted molar refractivity (Wildman–Crippen MR) is 119 cm³/mol. The monoisotopic (exact) mass is 411 g/mol. The lowest BCUT2D eigenvalue weighted by Crippen LogP contribution is -2.28. The van der Waals surface area contributed by atoms with Gasteiger partial charge in [0.15, 0.2) is 0 Å². The van der Waals surface area contributed by atoms with Crippen LogP contribution in [0.25, 0.3) is 10.9 Å². The Morgan fingerprint density at radius 3 is 2.17 bits per heavy atom. The molecule has 154 valence electrons. The summed E-state index contributed by atoms with van der Waals surface area (Å²) >= 11 is 0. The van der Waals surface area contributed by atoms with E-state index < -0.39 is 22.5 Å². The van der Waals surface area contributed by atoms with Crippen molar-refractivity contribution in [1.82, 2.24) is 4.57 Å². The summed E-state index contributed by atoms with van der Waals surface area (Å²) in [4.78, 5) is 13.6. The molecule has 0 aliphatic carbocycles. The molecule has 5 heteroatoms. The minimum atomic E-state index is -1.27. The number of hydrogen-bond acceptors (Lipinski definition) is 3. The normalized spacial score (nSPS) is 13.4. The number of para-hydroxylation sites is 1. The van der Waals surface area contributed by atoms with Crippen LogP contribution in [0, 0.1) is 0 Å².